The normalized spacial score (nSPS) is 14.3. The van der Waals surface area contributed by atoms with Gasteiger partial charge in [-0.2, -0.15) is 0 Å². The second-order valence-corrected chi connectivity index (χ2v) is 8.81. The van der Waals surface area contributed by atoms with E-state index in [0.29, 0.717) is 28.7 Å². The van der Waals surface area contributed by atoms with Crippen LogP contribution in [0.5, 0.6) is 5.06 Å². The Hall–Kier alpha value is -2.87. The lowest BCUT2D eigenvalue weighted by atomic mass is 10.0. The second kappa shape index (κ2) is 10.2. The quantitative estimate of drug-likeness (QED) is 0.449. The number of fused-ring (bicyclic) bond motifs is 1. The Labute approximate surface area is 195 Å². The number of carbonyl (C=O) groups is 2. The fraction of sp³-hybridized carbons (Fsp3) is 0.250. The van der Waals surface area contributed by atoms with Crippen molar-refractivity contribution < 1.29 is 23.8 Å². The fourth-order valence-electron chi connectivity index (χ4n) is 3.71. The smallest absolute Gasteiger partial charge is 0.468 e. The molecule has 0 bridgehead atoms. The topological polar surface area (TPSA) is 65.1 Å². The van der Waals surface area contributed by atoms with Crippen LogP contribution < -0.4 is 4.74 Å². The molecule has 1 aliphatic heterocycles. The van der Waals surface area contributed by atoms with Crippen molar-refractivity contribution >= 4 is 35.1 Å². The number of hydrogen-bond donors (Lipinski definition) is 0. The average molecular weight is 472 g/mol. The second-order valence-electron chi connectivity index (χ2n) is 7.31. The number of carbonyl (C=O) groups excluding carboxylic acids is 2. The zero-order chi connectivity index (χ0) is 22.5. The Morgan fingerprint density at radius 1 is 1.12 bits per heavy atom. The van der Waals surface area contributed by atoms with Gasteiger partial charge < -0.3 is 14.2 Å². The van der Waals surface area contributed by atoms with Gasteiger partial charge in [-0.15, -0.1) is 11.3 Å². The molecule has 0 fully saturated rings. The van der Waals surface area contributed by atoms with Gasteiger partial charge in [0, 0.05) is 23.0 Å². The van der Waals surface area contributed by atoms with Crippen LogP contribution >= 0.6 is 22.9 Å². The van der Waals surface area contributed by atoms with Gasteiger partial charge >= 0.3 is 12.1 Å². The predicted octanol–water partition coefficient (Wildman–Crippen LogP) is 5.39. The lowest BCUT2D eigenvalue weighted by Gasteiger charge is -2.33. The lowest BCUT2D eigenvalue weighted by Crippen LogP contribution is -2.38. The monoisotopic (exact) mass is 471 g/mol. The molecule has 3 aromatic rings. The largest absolute Gasteiger partial charge is 0.514 e. The molecule has 2 heterocycles. The number of halogens is 1. The molecule has 166 valence electrons. The van der Waals surface area contributed by atoms with Gasteiger partial charge in [0.05, 0.1) is 7.11 Å². The van der Waals surface area contributed by atoms with Crippen LogP contribution in [0.1, 0.15) is 27.6 Å². The first-order valence-electron chi connectivity index (χ1n) is 10.1. The highest BCUT2D eigenvalue weighted by molar-refractivity contribution is 7.14. The van der Waals surface area contributed by atoms with Gasteiger partial charge in [0.2, 0.25) is 0 Å². The molecule has 2 aromatic carbocycles. The lowest BCUT2D eigenvalue weighted by molar-refractivity contribution is -0.147. The molecule has 0 spiro atoms. The Morgan fingerprint density at radius 2 is 1.88 bits per heavy atom. The van der Waals surface area contributed by atoms with Crippen LogP contribution in [0.25, 0.3) is 0 Å². The molecule has 0 radical (unpaired) electrons. The van der Waals surface area contributed by atoms with E-state index in [1.165, 1.54) is 18.4 Å². The van der Waals surface area contributed by atoms with Crippen LogP contribution in [-0.4, -0.2) is 30.7 Å². The number of hydrogen-bond acceptors (Lipinski definition) is 7. The number of methoxy groups -OCH3 is 1. The van der Waals surface area contributed by atoms with Gasteiger partial charge in [0.15, 0.2) is 5.06 Å². The van der Waals surface area contributed by atoms with E-state index in [1.807, 2.05) is 59.5 Å². The molecule has 32 heavy (non-hydrogen) atoms. The maximum Gasteiger partial charge on any atom is 0.514 e. The molecule has 4 rings (SSSR count). The summed E-state index contributed by atoms with van der Waals surface area (Å²) in [6.07, 6.45) is -0.0202. The van der Waals surface area contributed by atoms with Crippen molar-refractivity contribution in [3.05, 3.63) is 87.3 Å². The molecule has 0 amide bonds. The van der Waals surface area contributed by atoms with Crippen LogP contribution in [-0.2, 0) is 33.8 Å². The van der Waals surface area contributed by atoms with Crippen molar-refractivity contribution in [3.8, 4) is 5.06 Å². The Kier molecular flexibility index (Phi) is 7.09. The van der Waals surface area contributed by atoms with Gasteiger partial charge in [-0.3, -0.25) is 4.90 Å². The standard InChI is InChI=1S/C24H22ClNO5S/c1-29-23(27)22(18-9-5-6-10-19(18)25)26-12-11-20-17(14-26)13-21(32-20)31-24(28)30-15-16-7-3-2-4-8-16/h2-10,13,22H,11-12,14-15H2,1H3/t22-/m0/s1. The third-order valence-corrected chi connectivity index (χ3v) is 6.71. The van der Waals surface area contributed by atoms with E-state index in [9.17, 15) is 9.59 Å². The van der Waals surface area contributed by atoms with Gasteiger partial charge in [-0.05, 0) is 35.2 Å². The van der Waals surface area contributed by atoms with Crippen molar-refractivity contribution in [2.24, 2.45) is 0 Å². The summed E-state index contributed by atoms with van der Waals surface area (Å²) in [5, 5.41) is 0.992. The number of rotatable bonds is 6. The van der Waals surface area contributed by atoms with E-state index in [-0.39, 0.29) is 12.6 Å². The highest BCUT2D eigenvalue weighted by atomic mass is 35.5. The van der Waals surface area contributed by atoms with E-state index < -0.39 is 12.2 Å². The zero-order valence-corrected chi connectivity index (χ0v) is 19.0. The van der Waals surface area contributed by atoms with Crippen LogP contribution in [0.4, 0.5) is 4.79 Å². The molecule has 1 atom stereocenters. The van der Waals surface area contributed by atoms with Crippen molar-refractivity contribution in [2.45, 2.75) is 25.6 Å². The number of ether oxygens (including phenoxy) is 3. The van der Waals surface area contributed by atoms with Crippen LogP contribution in [0.2, 0.25) is 5.02 Å². The highest BCUT2D eigenvalue weighted by Crippen LogP contribution is 2.37. The van der Waals surface area contributed by atoms with Crippen LogP contribution in [0, 0.1) is 0 Å². The van der Waals surface area contributed by atoms with Crippen molar-refractivity contribution in [1.82, 2.24) is 4.90 Å². The Morgan fingerprint density at radius 3 is 2.62 bits per heavy atom. The van der Waals surface area contributed by atoms with Crippen molar-refractivity contribution in [1.29, 1.82) is 0 Å². The van der Waals surface area contributed by atoms with E-state index in [4.69, 9.17) is 25.8 Å². The van der Waals surface area contributed by atoms with Crippen LogP contribution in [0.3, 0.4) is 0 Å². The molecule has 6 nitrogen and oxygen atoms in total. The third kappa shape index (κ3) is 5.12. The minimum absolute atomic E-state index is 0.150. The number of nitrogens with zero attached hydrogens (tertiary/aromatic N) is 1. The van der Waals surface area contributed by atoms with E-state index >= 15 is 0 Å². The van der Waals surface area contributed by atoms with E-state index in [1.54, 1.807) is 6.07 Å². The van der Waals surface area contributed by atoms with Crippen molar-refractivity contribution in [2.75, 3.05) is 13.7 Å². The summed E-state index contributed by atoms with van der Waals surface area (Å²) >= 11 is 7.79. The Bertz CT molecular complexity index is 1100. The number of benzene rings is 2. The fourth-order valence-corrected chi connectivity index (χ4v) is 4.95. The molecule has 0 saturated carbocycles. The summed E-state index contributed by atoms with van der Waals surface area (Å²) < 4.78 is 15.6. The van der Waals surface area contributed by atoms with Gasteiger partial charge in [-0.25, -0.2) is 9.59 Å². The van der Waals surface area contributed by atoms with Crippen molar-refractivity contribution in [3.63, 3.8) is 0 Å². The summed E-state index contributed by atoms with van der Waals surface area (Å²) in [7, 11) is 1.37. The molecule has 8 heteroatoms. The van der Waals surface area contributed by atoms with E-state index in [0.717, 1.165) is 22.4 Å². The summed E-state index contributed by atoms with van der Waals surface area (Å²) in [5.41, 5.74) is 2.60. The van der Waals surface area contributed by atoms with Gasteiger partial charge in [0.25, 0.3) is 0 Å². The molecular formula is C24H22ClNO5S. The maximum absolute atomic E-state index is 12.6. The summed E-state index contributed by atoms with van der Waals surface area (Å²) in [6.45, 7) is 1.31. The zero-order valence-electron chi connectivity index (χ0n) is 17.5. The highest BCUT2D eigenvalue weighted by Gasteiger charge is 2.33. The predicted molar refractivity (Wildman–Crippen MR) is 122 cm³/mol. The molecule has 0 unspecified atom stereocenters. The van der Waals surface area contributed by atoms with Crippen LogP contribution in [0.15, 0.2) is 60.7 Å². The van der Waals surface area contributed by atoms with Gasteiger partial charge in [-0.1, -0.05) is 60.1 Å². The molecule has 0 aliphatic carbocycles. The summed E-state index contributed by atoms with van der Waals surface area (Å²) in [4.78, 5) is 27.9. The SMILES string of the molecule is COC(=O)[C@H](c1ccccc1Cl)N1CCc2sc(OC(=O)OCc3ccccc3)cc2C1. The average Bonchev–Trinajstić information content (AvgIpc) is 3.21. The molecular weight excluding hydrogens is 450 g/mol. The minimum Gasteiger partial charge on any atom is -0.468 e. The first kappa shape index (κ1) is 22.3. The third-order valence-electron chi connectivity index (χ3n) is 5.25. The minimum atomic E-state index is -0.743. The number of esters is 1. The Balaban J connectivity index is 1.44. The van der Waals surface area contributed by atoms with Gasteiger partial charge in [0.1, 0.15) is 12.6 Å². The first-order valence-corrected chi connectivity index (χ1v) is 11.3. The summed E-state index contributed by atoms with van der Waals surface area (Å²) in [5.74, 6) is -0.363. The van der Waals surface area contributed by atoms with E-state index in [2.05, 4.69) is 0 Å². The maximum atomic E-state index is 12.6. The molecule has 1 aliphatic rings. The molecule has 1 aromatic heterocycles. The summed E-state index contributed by atoms with van der Waals surface area (Å²) in [6, 6.07) is 17.9. The molecule has 0 saturated heterocycles. The molecule has 0 N–H and O–H groups in total. The number of thiophene rings is 1. The first-order chi connectivity index (χ1) is 15.5.